The summed E-state index contributed by atoms with van der Waals surface area (Å²) in [6.45, 7) is 9.79. The molecule has 1 rings (SSSR count). The molecule has 1 aromatic carbocycles. The Bertz CT molecular complexity index is 406. The minimum absolute atomic E-state index is 0.161. The van der Waals surface area contributed by atoms with Gasteiger partial charge in [-0.25, -0.2) is 0 Å². The maximum absolute atomic E-state index is 11.5. The highest BCUT2D eigenvalue weighted by Gasteiger charge is 2.22. The van der Waals surface area contributed by atoms with Gasteiger partial charge < -0.3 is 10.5 Å². The normalized spacial score (nSPS) is 15.9. The number of rotatable bonds is 4. The molecule has 0 fully saturated rings. The first-order valence-electron chi connectivity index (χ1n) is 6.36. The molecule has 0 bridgehead atoms. The minimum atomic E-state index is -0.572. The molecule has 0 heterocycles. The lowest BCUT2D eigenvalue weighted by molar-refractivity contribution is -0.150. The van der Waals surface area contributed by atoms with Crippen LogP contribution in [-0.2, 0) is 9.53 Å². The van der Waals surface area contributed by atoms with Crippen LogP contribution in [0.15, 0.2) is 18.2 Å². The van der Waals surface area contributed by atoms with Gasteiger partial charge in [0.25, 0.3) is 0 Å². The van der Waals surface area contributed by atoms with Crippen molar-refractivity contribution in [1.82, 2.24) is 0 Å². The molecule has 0 aliphatic heterocycles. The van der Waals surface area contributed by atoms with Gasteiger partial charge in [0.2, 0.25) is 0 Å². The first-order chi connectivity index (χ1) is 8.34. The molecule has 3 atom stereocenters. The molecular weight excluding hydrogens is 226 g/mol. The quantitative estimate of drug-likeness (QED) is 0.835. The van der Waals surface area contributed by atoms with E-state index in [1.807, 2.05) is 13.0 Å². The summed E-state index contributed by atoms with van der Waals surface area (Å²) in [6, 6.07) is 5.63. The average Bonchev–Trinajstić information content (AvgIpc) is 2.28. The fourth-order valence-electron chi connectivity index (χ4n) is 2.17. The summed E-state index contributed by atoms with van der Waals surface area (Å²) < 4.78 is 5.37. The molecule has 0 amide bonds. The van der Waals surface area contributed by atoms with Crippen LogP contribution in [-0.4, -0.2) is 18.1 Å². The number of esters is 1. The van der Waals surface area contributed by atoms with Crippen LogP contribution in [0, 0.1) is 13.8 Å². The van der Waals surface area contributed by atoms with E-state index in [-0.39, 0.29) is 18.0 Å². The van der Waals surface area contributed by atoms with Gasteiger partial charge in [-0.2, -0.15) is 0 Å². The predicted octanol–water partition coefficient (Wildman–Crippen LogP) is 2.69. The lowest BCUT2D eigenvalue weighted by Crippen LogP contribution is -2.33. The first kappa shape index (κ1) is 14.7. The topological polar surface area (TPSA) is 52.3 Å². The largest absolute Gasteiger partial charge is 0.461 e. The van der Waals surface area contributed by atoms with Gasteiger partial charge in [0.05, 0.1) is 0 Å². The van der Waals surface area contributed by atoms with E-state index >= 15 is 0 Å². The van der Waals surface area contributed by atoms with Crippen molar-refractivity contribution in [3.63, 3.8) is 0 Å². The SMILES string of the molecule is Cc1cccc(C)c1C(C)C(C)OC(=O)[C@H](C)N. The van der Waals surface area contributed by atoms with Gasteiger partial charge in [-0.3, -0.25) is 4.79 Å². The second kappa shape index (κ2) is 6.01. The van der Waals surface area contributed by atoms with Crippen molar-refractivity contribution in [3.8, 4) is 0 Å². The van der Waals surface area contributed by atoms with Crippen LogP contribution in [0.2, 0.25) is 0 Å². The minimum Gasteiger partial charge on any atom is -0.461 e. The maximum atomic E-state index is 11.5. The molecule has 18 heavy (non-hydrogen) atoms. The average molecular weight is 249 g/mol. The number of carbonyl (C=O) groups excluding carboxylic acids is 1. The van der Waals surface area contributed by atoms with Crippen LogP contribution in [0.5, 0.6) is 0 Å². The predicted molar refractivity (Wildman–Crippen MR) is 73.5 cm³/mol. The van der Waals surface area contributed by atoms with Crippen molar-refractivity contribution < 1.29 is 9.53 Å². The first-order valence-corrected chi connectivity index (χ1v) is 6.36. The van der Waals surface area contributed by atoms with Crippen molar-refractivity contribution in [2.45, 2.75) is 52.7 Å². The van der Waals surface area contributed by atoms with E-state index in [1.54, 1.807) is 6.92 Å². The molecule has 2 N–H and O–H groups in total. The highest BCUT2D eigenvalue weighted by Crippen LogP contribution is 2.27. The molecule has 0 saturated carbocycles. The summed E-state index contributed by atoms with van der Waals surface area (Å²) in [5.41, 5.74) is 9.22. The second-order valence-corrected chi connectivity index (χ2v) is 5.02. The number of ether oxygens (including phenoxy) is 1. The highest BCUT2D eigenvalue weighted by atomic mass is 16.5. The van der Waals surface area contributed by atoms with Crippen molar-refractivity contribution in [3.05, 3.63) is 34.9 Å². The van der Waals surface area contributed by atoms with Crippen LogP contribution in [0.25, 0.3) is 0 Å². The summed E-state index contributed by atoms with van der Waals surface area (Å²) in [5.74, 6) is -0.186. The number of aryl methyl sites for hydroxylation is 2. The van der Waals surface area contributed by atoms with Crippen molar-refractivity contribution in [2.75, 3.05) is 0 Å². The number of benzene rings is 1. The third-order valence-electron chi connectivity index (χ3n) is 3.38. The standard InChI is InChI=1S/C15H23NO2/c1-9-7-6-8-10(2)14(9)11(3)13(5)18-15(17)12(4)16/h6-8,11-13H,16H2,1-5H3/t11?,12-,13?/m0/s1. The van der Waals surface area contributed by atoms with Crippen LogP contribution >= 0.6 is 0 Å². The van der Waals surface area contributed by atoms with E-state index in [2.05, 4.69) is 32.9 Å². The van der Waals surface area contributed by atoms with Gasteiger partial charge in [-0.15, -0.1) is 0 Å². The summed E-state index contributed by atoms with van der Waals surface area (Å²) in [7, 11) is 0. The zero-order chi connectivity index (χ0) is 13.9. The summed E-state index contributed by atoms with van der Waals surface area (Å²) in [5, 5.41) is 0. The molecule has 0 spiro atoms. The fraction of sp³-hybridized carbons (Fsp3) is 0.533. The zero-order valence-electron chi connectivity index (χ0n) is 11.9. The highest BCUT2D eigenvalue weighted by molar-refractivity contribution is 5.75. The summed E-state index contributed by atoms with van der Waals surface area (Å²) in [6.07, 6.45) is -0.178. The van der Waals surface area contributed by atoms with Crippen molar-refractivity contribution in [2.24, 2.45) is 5.73 Å². The van der Waals surface area contributed by atoms with Crippen LogP contribution in [0.3, 0.4) is 0 Å². The Kier molecular flexibility index (Phi) is 4.91. The molecule has 100 valence electrons. The number of hydrogen-bond donors (Lipinski definition) is 1. The Hall–Kier alpha value is -1.35. The Balaban J connectivity index is 2.87. The van der Waals surface area contributed by atoms with Crippen LogP contribution in [0.1, 0.15) is 43.4 Å². The Morgan fingerprint density at radius 3 is 2.11 bits per heavy atom. The van der Waals surface area contributed by atoms with E-state index in [0.29, 0.717) is 0 Å². The third kappa shape index (κ3) is 3.33. The smallest absolute Gasteiger partial charge is 0.322 e. The monoisotopic (exact) mass is 249 g/mol. The van der Waals surface area contributed by atoms with E-state index in [9.17, 15) is 4.79 Å². The Morgan fingerprint density at radius 2 is 1.67 bits per heavy atom. The van der Waals surface area contributed by atoms with E-state index < -0.39 is 6.04 Å². The van der Waals surface area contributed by atoms with Crippen molar-refractivity contribution >= 4 is 5.97 Å². The molecule has 3 nitrogen and oxygen atoms in total. The van der Waals surface area contributed by atoms with E-state index in [1.165, 1.54) is 16.7 Å². The molecule has 2 unspecified atom stereocenters. The van der Waals surface area contributed by atoms with Gasteiger partial charge in [0.15, 0.2) is 0 Å². The molecule has 0 aliphatic carbocycles. The Labute approximate surface area is 109 Å². The van der Waals surface area contributed by atoms with Crippen LogP contribution < -0.4 is 5.73 Å². The molecule has 3 heteroatoms. The fourth-order valence-corrected chi connectivity index (χ4v) is 2.17. The lowest BCUT2D eigenvalue weighted by atomic mass is 9.89. The van der Waals surface area contributed by atoms with Gasteiger partial charge in [-0.1, -0.05) is 25.1 Å². The molecule has 0 radical (unpaired) electrons. The number of nitrogens with two attached hydrogens (primary N) is 1. The summed E-state index contributed by atoms with van der Waals surface area (Å²) >= 11 is 0. The maximum Gasteiger partial charge on any atom is 0.322 e. The lowest BCUT2D eigenvalue weighted by Gasteiger charge is -2.24. The van der Waals surface area contributed by atoms with Gasteiger partial charge >= 0.3 is 5.97 Å². The number of hydrogen-bond acceptors (Lipinski definition) is 3. The molecular formula is C15H23NO2. The van der Waals surface area contributed by atoms with Gasteiger partial charge in [0.1, 0.15) is 12.1 Å². The van der Waals surface area contributed by atoms with Gasteiger partial charge in [0, 0.05) is 5.92 Å². The Morgan fingerprint density at radius 1 is 1.17 bits per heavy atom. The molecule has 0 aliphatic rings. The summed E-state index contributed by atoms with van der Waals surface area (Å²) in [4.78, 5) is 11.5. The van der Waals surface area contributed by atoms with Crippen molar-refractivity contribution in [1.29, 1.82) is 0 Å². The molecule has 0 saturated heterocycles. The van der Waals surface area contributed by atoms with E-state index in [0.717, 1.165) is 0 Å². The second-order valence-electron chi connectivity index (χ2n) is 5.02. The zero-order valence-corrected chi connectivity index (χ0v) is 11.9. The molecule has 0 aromatic heterocycles. The molecule has 1 aromatic rings. The number of carbonyl (C=O) groups is 1. The van der Waals surface area contributed by atoms with Crippen LogP contribution in [0.4, 0.5) is 0 Å². The van der Waals surface area contributed by atoms with E-state index in [4.69, 9.17) is 10.5 Å². The van der Waals surface area contributed by atoms with Gasteiger partial charge in [-0.05, 0) is 44.4 Å². The third-order valence-corrected chi connectivity index (χ3v) is 3.38.